The van der Waals surface area contributed by atoms with Gasteiger partial charge < -0.3 is 10.0 Å². The summed E-state index contributed by atoms with van der Waals surface area (Å²) in [6.45, 7) is 3.96. The molecule has 0 aliphatic heterocycles. The molecule has 0 rings (SSSR count). The number of aliphatic hydroxyl groups excluding tert-OH is 1. The highest BCUT2D eigenvalue weighted by atomic mass is 32.2. The van der Waals surface area contributed by atoms with Gasteiger partial charge in [0.1, 0.15) is 6.34 Å². The van der Waals surface area contributed by atoms with Gasteiger partial charge in [-0.3, -0.25) is 0 Å². The van der Waals surface area contributed by atoms with Crippen LogP contribution in [0.2, 0.25) is 0 Å². The Morgan fingerprint density at radius 3 is 2.31 bits per heavy atom. The van der Waals surface area contributed by atoms with Crippen LogP contribution in [-0.4, -0.2) is 51.2 Å². The quantitative estimate of drug-likeness (QED) is 0.533. The Hall–Kier alpha value is -0.620. The number of nitrogens with zero attached hydrogens (tertiary/aromatic N) is 2. The lowest BCUT2D eigenvalue weighted by atomic mass is 9.87. The molecule has 0 aromatic rings. The third kappa shape index (κ3) is 7.64. The third-order valence-electron chi connectivity index (χ3n) is 2.26. The molecule has 16 heavy (non-hydrogen) atoms. The molecule has 0 heterocycles. The molecule has 0 spiro atoms. The van der Waals surface area contributed by atoms with Crippen LogP contribution in [0.15, 0.2) is 4.40 Å². The van der Waals surface area contributed by atoms with Gasteiger partial charge in [-0.2, -0.15) is 4.40 Å². The number of hydrogen-bond acceptors (Lipinski definition) is 3. The van der Waals surface area contributed by atoms with Crippen LogP contribution in [0.4, 0.5) is 0 Å². The van der Waals surface area contributed by atoms with Crippen molar-refractivity contribution in [3.05, 3.63) is 0 Å². The minimum atomic E-state index is -3.38. The summed E-state index contributed by atoms with van der Waals surface area (Å²) in [5, 5.41) is 8.82. The van der Waals surface area contributed by atoms with Crippen LogP contribution in [0.1, 0.15) is 26.7 Å². The van der Waals surface area contributed by atoms with E-state index in [1.54, 1.807) is 19.0 Å². The molecular formula is C10H22N2O3S. The van der Waals surface area contributed by atoms with E-state index in [1.807, 2.05) is 13.8 Å². The predicted molar refractivity (Wildman–Crippen MR) is 66.1 cm³/mol. The Bertz CT molecular complexity index is 321. The lowest BCUT2D eigenvalue weighted by Gasteiger charge is -2.22. The Kier molecular flexibility index (Phi) is 5.96. The van der Waals surface area contributed by atoms with Crippen molar-refractivity contribution in [1.29, 1.82) is 0 Å². The highest BCUT2D eigenvalue weighted by molar-refractivity contribution is 7.90. The Balaban J connectivity index is 4.29. The first-order chi connectivity index (χ1) is 7.18. The molecule has 96 valence electrons. The van der Waals surface area contributed by atoms with Crippen molar-refractivity contribution < 1.29 is 13.5 Å². The van der Waals surface area contributed by atoms with E-state index in [0.717, 1.165) is 0 Å². The van der Waals surface area contributed by atoms with Crippen LogP contribution in [-0.2, 0) is 10.0 Å². The van der Waals surface area contributed by atoms with Crippen molar-refractivity contribution in [2.75, 3.05) is 26.5 Å². The van der Waals surface area contributed by atoms with E-state index in [-0.39, 0.29) is 17.8 Å². The predicted octanol–water partition coefficient (Wildman–Crippen LogP) is 0.705. The minimum Gasteiger partial charge on any atom is -0.396 e. The van der Waals surface area contributed by atoms with Gasteiger partial charge in [0.2, 0.25) is 0 Å². The van der Waals surface area contributed by atoms with Gasteiger partial charge in [-0.1, -0.05) is 13.8 Å². The molecule has 0 atom stereocenters. The average molecular weight is 250 g/mol. The molecule has 1 N–H and O–H groups in total. The zero-order valence-corrected chi connectivity index (χ0v) is 11.3. The van der Waals surface area contributed by atoms with Crippen molar-refractivity contribution in [2.45, 2.75) is 26.7 Å². The fraction of sp³-hybridized carbons (Fsp3) is 0.900. The third-order valence-corrected chi connectivity index (χ3v) is 3.40. The molecule has 0 aromatic carbocycles. The molecule has 5 nitrogen and oxygen atoms in total. The van der Waals surface area contributed by atoms with E-state index in [9.17, 15) is 8.42 Å². The molecule has 0 radical (unpaired) electrons. The molecule has 0 saturated carbocycles. The molecule has 0 saturated heterocycles. The first kappa shape index (κ1) is 15.4. The molecule has 6 heteroatoms. The summed E-state index contributed by atoms with van der Waals surface area (Å²) in [5.41, 5.74) is -0.171. The van der Waals surface area contributed by atoms with Crippen LogP contribution in [0.3, 0.4) is 0 Å². The summed E-state index contributed by atoms with van der Waals surface area (Å²) < 4.78 is 26.5. The standard InChI is InChI=1S/C10H22N2O3S/c1-10(2,5-7-13)6-8-16(14,15)11-9-12(3)4/h9,13H,5-8H2,1-4H3. The molecule has 0 unspecified atom stereocenters. The molecule has 0 aliphatic carbocycles. The number of rotatable bonds is 7. The van der Waals surface area contributed by atoms with E-state index in [0.29, 0.717) is 12.8 Å². The second-order valence-electron chi connectivity index (χ2n) is 4.86. The lowest BCUT2D eigenvalue weighted by Crippen LogP contribution is -2.19. The smallest absolute Gasteiger partial charge is 0.254 e. The van der Waals surface area contributed by atoms with Gasteiger partial charge in [0.25, 0.3) is 10.0 Å². The maximum Gasteiger partial charge on any atom is 0.254 e. The normalized spacial score (nSPS) is 13.3. The Morgan fingerprint density at radius 2 is 1.88 bits per heavy atom. The topological polar surface area (TPSA) is 70.0 Å². The highest BCUT2D eigenvalue weighted by Crippen LogP contribution is 2.25. The first-order valence-electron chi connectivity index (χ1n) is 5.24. The number of aliphatic hydroxyl groups is 1. The maximum atomic E-state index is 11.5. The average Bonchev–Trinajstić information content (AvgIpc) is 2.13. The second-order valence-corrected chi connectivity index (χ2v) is 6.64. The van der Waals surface area contributed by atoms with E-state index in [2.05, 4.69) is 4.40 Å². The van der Waals surface area contributed by atoms with E-state index in [4.69, 9.17) is 5.11 Å². The highest BCUT2D eigenvalue weighted by Gasteiger charge is 2.20. The van der Waals surface area contributed by atoms with Gasteiger partial charge in [0.05, 0.1) is 5.75 Å². The Morgan fingerprint density at radius 1 is 1.31 bits per heavy atom. The molecular weight excluding hydrogens is 228 g/mol. The van der Waals surface area contributed by atoms with Crippen LogP contribution in [0, 0.1) is 5.41 Å². The van der Waals surface area contributed by atoms with Crippen molar-refractivity contribution in [2.24, 2.45) is 9.81 Å². The summed E-state index contributed by atoms with van der Waals surface area (Å²) in [5.74, 6) is 0.0182. The molecule has 0 bridgehead atoms. The lowest BCUT2D eigenvalue weighted by molar-refractivity contribution is 0.207. The first-order valence-corrected chi connectivity index (χ1v) is 6.85. The van der Waals surface area contributed by atoms with Gasteiger partial charge in [-0.05, 0) is 18.3 Å². The van der Waals surface area contributed by atoms with Gasteiger partial charge in [-0.15, -0.1) is 0 Å². The van der Waals surface area contributed by atoms with Crippen LogP contribution < -0.4 is 0 Å². The zero-order valence-electron chi connectivity index (χ0n) is 10.5. The second kappa shape index (κ2) is 6.20. The van der Waals surface area contributed by atoms with Gasteiger partial charge in [-0.25, -0.2) is 8.42 Å². The molecule has 0 aromatic heterocycles. The Labute approximate surface area is 98.2 Å². The summed E-state index contributed by atoms with van der Waals surface area (Å²) >= 11 is 0. The SMILES string of the molecule is CN(C)C=NS(=O)(=O)CCC(C)(C)CCO. The van der Waals surface area contributed by atoms with E-state index in [1.165, 1.54) is 6.34 Å². The molecule has 0 amide bonds. The van der Waals surface area contributed by atoms with Crippen LogP contribution in [0.25, 0.3) is 0 Å². The number of sulfonamides is 1. The van der Waals surface area contributed by atoms with Crippen LogP contribution >= 0.6 is 0 Å². The monoisotopic (exact) mass is 250 g/mol. The van der Waals surface area contributed by atoms with Crippen molar-refractivity contribution >= 4 is 16.4 Å². The molecule has 0 aliphatic rings. The summed E-state index contributed by atoms with van der Waals surface area (Å²) in [7, 11) is 0.0520. The zero-order chi connectivity index (χ0) is 12.8. The largest absolute Gasteiger partial charge is 0.396 e. The fourth-order valence-corrected chi connectivity index (χ4v) is 2.30. The van der Waals surface area contributed by atoms with Crippen LogP contribution in [0.5, 0.6) is 0 Å². The minimum absolute atomic E-state index is 0.0182. The fourth-order valence-electron chi connectivity index (χ4n) is 1.05. The van der Waals surface area contributed by atoms with Crippen molar-refractivity contribution in [3.63, 3.8) is 0 Å². The van der Waals surface area contributed by atoms with E-state index < -0.39 is 10.0 Å². The van der Waals surface area contributed by atoms with Gasteiger partial charge >= 0.3 is 0 Å². The van der Waals surface area contributed by atoms with Gasteiger partial charge in [0.15, 0.2) is 0 Å². The van der Waals surface area contributed by atoms with Gasteiger partial charge in [0, 0.05) is 20.7 Å². The summed E-state index contributed by atoms with van der Waals surface area (Å²) in [6.07, 6.45) is 2.38. The molecule has 0 fully saturated rings. The summed E-state index contributed by atoms with van der Waals surface area (Å²) in [4.78, 5) is 1.58. The maximum absolute atomic E-state index is 11.5. The summed E-state index contributed by atoms with van der Waals surface area (Å²) in [6, 6.07) is 0. The van der Waals surface area contributed by atoms with Crippen molar-refractivity contribution in [3.8, 4) is 0 Å². The van der Waals surface area contributed by atoms with Crippen molar-refractivity contribution in [1.82, 2.24) is 4.90 Å². The van der Waals surface area contributed by atoms with E-state index >= 15 is 0 Å². The number of hydrogen-bond donors (Lipinski definition) is 1.